The molecule has 2 rings (SSSR count). The van der Waals surface area contributed by atoms with E-state index >= 15 is 0 Å². The van der Waals surface area contributed by atoms with Crippen LogP contribution in [0.15, 0.2) is 0 Å². The predicted octanol–water partition coefficient (Wildman–Crippen LogP) is 0.528. The highest BCUT2D eigenvalue weighted by Crippen LogP contribution is 2.38. The van der Waals surface area contributed by atoms with Crippen LogP contribution in [-0.2, 0) is 23.7 Å². The third-order valence-electron chi connectivity index (χ3n) is 2.81. The predicted molar refractivity (Wildman–Crippen MR) is 59.1 cm³/mol. The van der Waals surface area contributed by atoms with Gasteiger partial charge in [-0.15, -0.1) is 6.42 Å². The van der Waals surface area contributed by atoms with Crippen LogP contribution in [0.4, 0.5) is 0 Å². The van der Waals surface area contributed by atoms with Crippen LogP contribution in [0.5, 0.6) is 0 Å². The molecule has 0 N–H and O–H groups in total. The normalized spacial score (nSPS) is 38.9. The molecule has 0 saturated carbocycles. The summed E-state index contributed by atoms with van der Waals surface area (Å²) in [6.45, 7) is 4.39. The Bertz CT molecular complexity index is 309. The average molecular weight is 242 g/mol. The molecule has 0 aromatic rings. The van der Waals surface area contributed by atoms with E-state index < -0.39 is 12.1 Å². The molecule has 0 spiro atoms. The lowest BCUT2D eigenvalue weighted by atomic mass is 10.1. The molecule has 0 radical (unpaired) electrons. The topological polar surface area (TPSA) is 46.2 Å². The van der Waals surface area contributed by atoms with Crippen molar-refractivity contribution in [1.82, 2.24) is 0 Å². The molecule has 2 aliphatic rings. The number of hydrogen-bond donors (Lipinski definition) is 0. The van der Waals surface area contributed by atoms with Gasteiger partial charge in [0, 0.05) is 7.11 Å². The highest BCUT2D eigenvalue weighted by Gasteiger charge is 2.55. The van der Waals surface area contributed by atoms with Gasteiger partial charge in [0.05, 0.1) is 6.61 Å². The third-order valence-corrected chi connectivity index (χ3v) is 2.81. The van der Waals surface area contributed by atoms with Gasteiger partial charge in [0.2, 0.25) is 0 Å². The molecule has 96 valence electrons. The van der Waals surface area contributed by atoms with Gasteiger partial charge in [0.15, 0.2) is 12.1 Å². The van der Waals surface area contributed by atoms with E-state index in [9.17, 15) is 0 Å². The van der Waals surface area contributed by atoms with Crippen LogP contribution in [0, 0.1) is 12.3 Å². The lowest BCUT2D eigenvalue weighted by Crippen LogP contribution is -2.33. The Morgan fingerprint density at radius 3 is 2.65 bits per heavy atom. The second-order valence-electron chi connectivity index (χ2n) is 4.56. The van der Waals surface area contributed by atoms with Crippen molar-refractivity contribution in [3.63, 3.8) is 0 Å². The zero-order valence-corrected chi connectivity index (χ0v) is 10.3. The second kappa shape index (κ2) is 4.92. The van der Waals surface area contributed by atoms with Crippen LogP contribution in [0.25, 0.3) is 0 Å². The quantitative estimate of drug-likeness (QED) is 0.531. The molecule has 1 unspecified atom stereocenters. The average Bonchev–Trinajstić information content (AvgIpc) is 2.73. The van der Waals surface area contributed by atoms with Crippen LogP contribution in [0.1, 0.15) is 13.8 Å². The van der Waals surface area contributed by atoms with Gasteiger partial charge in [0.25, 0.3) is 0 Å². The van der Waals surface area contributed by atoms with E-state index in [1.165, 1.54) is 0 Å². The maximum atomic E-state index is 5.79. The molecule has 0 aliphatic carbocycles. The minimum Gasteiger partial charge on any atom is -0.366 e. The number of rotatable bonds is 4. The Balaban J connectivity index is 1.98. The second-order valence-corrected chi connectivity index (χ2v) is 4.56. The van der Waals surface area contributed by atoms with Crippen molar-refractivity contribution in [3.8, 4) is 12.3 Å². The highest BCUT2D eigenvalue weighted by atomic mass is 16.8. The fourth-order valence-electron chi connectivity index (χ4n) is 2.20. The number of terminal acetylenes is 1. The first-order chi connectivity index (χ1) is 8.07. The summed E-state index contributed by atoms with van der Waals surface area (Å²) in [6, 6.07) is 0. The Labute approximate surface area is 101 Å². The highest BCUT2D eigenvalue weighted by molar-refractivity contribution is 4.95. The maximum absolute atomic E-state index is 5.79. The number of hydrogen-bond acceptors (Lipinski definition) is 5. The van der Waals surface area contributed by atoms with Crippen molar-refractivity contribution in [3.05, 3.63) is 0 Å². The van der Waals surface area contributed by atoms with Crippen molar-refractivity contribution in [2.45, 2.75) is 44.2 Å². The van der Waals surface area contributed by atoms with Gasteiger partial charge in [0.1, 0.15) is 24.9 Å². The van der Waals surface area contributed by atoms with Gasteiger partial charge < -0.3 is 23.7 Å². The molecule has 2 saturated heterocycles. The zero-order chi connectivity index (χ0) is 12.5. The van der Waals surface area contributed by atoms with E-state index in [0.717, 1.165) is 0 Å². The summed E-state index contributed by atoms with van der Waals surface area (Å²) < 4.78 is 27.7. The first-order valence-electron chi connectivity index (χ1n) is 5.62. The van der Waals surface area contributed by atoms with Crippen molar-refractivity contribution in [2.24, 2.45) is 0 Å². The van der Waals surface area contributed by atoms with Gasteiger partial charge in [-0.3, -0.25) is 0 Å². The van der Waals surface area contributed by atoms with Gasteiger partial charge >= 0.3 is 0 Å². The van der Waals surface area contributed by atoms with Gasteiger partial charge in [-0.05, 0) is 13.8 Å². The third kappa shape index (κ3) is 2.62. The van der Waals surface area contributed by atoms with Crippen LogP contribution in [-0.4, -0.2) is 50.7 Å². The summed E-state index contributed by atoms with van der Waals surface area (Å²) in [5.74, 6) is 1.80. The molecule has 2 aliphatic heterocycles. The summed E-state index contributed by atoms with van der Waals surface area (Å²) in [4.78, 5) is 0. The zero-order valence-electron chi connectivity index (χ0n) is 10.3. The van der Waals surface area contributed by atoms with Crippen molar-refractivity contribution in [1.29, 1.82) is 0 Å². The van der Waals surface area contributed by atoms with Crippen LogP contribution >= 0.6 is 0 Å². The molecule has 0 bridgehead atoms. The fourth-order valence-corrected chi connectivity index (χ4v) is 2.20. The number of ether oxygens (including phenoxy) is 5. The van der Waals surface area contributed by atoms with Crippen molar-refractivity contribution >= 4 is 0 Å². The summed E-state index contributed by atoms with van der Waals surface area (Å²) in [7, 11) is 1.58. The van der Waals surface area contributed by atoms with E-state index in [0.29, 0.717) is 6.61 Å². The van der Waals surface area contributed by atoms with Crippen molar-refractivity contribution < 1.29 is 23.7 Å². The Morgan fingerprint density at radius 2 is 2.00 bits per heavy atom. The summed E-state index contributed by atoms with van der Waals surface area (Å²) in [6.07, 6.45) is 4.11. The molecule has 0 amide bonds. The monoisotopic (exact) mass is 242 g/mol. The Morgan fingerprint density at radius 1 is 1.29 bits per heavy atom. The minimum atomic E-state index is -0.611. The fraction of sp³-hybridized carbons (Fsp3) is 0.833. The summed E-state index contributed by atoms with van der Waals surface area (Å²) in [5, 5.41) is 0. The molecule has 0 aromatic carbocycles. The van der Waals surface area contributed by atoms with Crippen LogP contribution < -0.4 is 0 Å². The molecule has 0 aromatic heterocycles. The molecule has 2 fully saturated rings. The molecule has 5 heteroatoms. The van der Waals surface area contributed by atoms with Gasteiger partial charge in [-0.25, -0.2) is 0 Å². The number of fused-ring (bicyclic) bond motifs is 1. The van der Waals surface area contributed by atoms with E-state index in [1.807, 2.05) is 13.8 Å². The largest absolute Gasteiger partial charge is 0.366 e. The summed E-state index contributed by atoms with van der Waals surface area (Å²) in [5.41, 5.74) is 0. The van der Waals surface area contributed by atoms with E-state index in [4.69, 9.17) is 30.1 Å². The molecule has 17 heavy (non-hydrogen) atoms. The Kier molecular flexibility index (Phi) is 3.71. The van der Waals surface area contributed by atoms with E-state index in [1.54, 1.807) is 7.11 Å². The minimum absolute atomic E-state index is 0.173. The first kappa shape index (κ1) is 12.8. The molecule has 2 heterocycles. The van der Waals surface area contributed by atoms with E-state index in [-0.39, 0.29) is 24.9 Å². The van der Waals surface area contributed by atoms with Gasteiger partial charge in [-0.2, -0.15) is 0 Å². The van der Waals surface area contributed by atoms with Gasteiger partial charge in [-0.1, -0.05) is 5.92 Å². The standard InChI is InChI=1S/C12H18O5/c1-5-6-14-7-8-9-10(11(13-4)15-8)17-12(2,3)16-9/h1,8-11H,6-7H2,2-4H3/t8?,9-,10-,11-/m1/s1. The first-order valence-corrected chi connectivity index (χ1v) is 5.62. The Hall–Kier alpha value is -0.640. The molecular formula is C12H18O5. The molecule has 4 atom stereocenters. The lowest BCUT2D eigenvalue weighted by molar-refractivity contribution is -0.231. The maximum Gasteiger partial charge on any atom is 0.186 e. The molecular weight excluding hydrogens is 224 g/mol. The SMILES string of the molecule is C#CCOCC1O[C@@H](OC)[C@@H]2OC(C)(C)O[C@H]12. The van der Waals surface area contributed by atoms with Crippen molar-refractivity contribution in [2.75, 3.05) is 20.3 Å². The molecule has 5 nitrogen and oxygen atoms in total. The van der Waals surface area contributed by atoms with Crippen LogP contribution in [0.3, 0.4) is 0 Å². The summed E-state index contributed by atoms with van der Waals surface area (Å²) >= 11 is 0. The van der Waals surface area contributed by atoms with E-state index in [2.05, 4.69) is 5.92 Å². The number of methoxy groups -OCH3 is 1. The lowest BCUT2D eigenvalue weighted by Gasteiger charge is -2.23. The van der Waals surface area contributed by atoms with Crippen LogP contribution in [0.2, 0.25) is 0 Å². The smallest absolute Gasteiger partial charge is 0.186 e.